The molecule has 0 aromatic heterocycles. The predicted octanol–water partition coefficient (Wildman–Crippen LogP) is 6.15. The third kappa shape index (κ3) is 3.93. The summed E-state index contributed by atoms with van der Waals surface area (Å²) < 4.78 is 38.7. The molecule has 1 aliphatic carbocycles. The van der Waals surface area contributed by atoms with Crippen LogP contribution in [-0.4, -0.2) is 29.1 Å². The van der Waals surface area contributed by atoms with E-state index >= 15 is 0 Å². The van der Waals surface area contributed by atoms with Crippen LogP contribution < -0.4 is 0 Å². The van der Waals surface area contributed by atoms with Gasteiger partial charge in [-0.2, -0.15) is 13.2 Å². The molecule has 1 N–H and O–H groups in total. The molecule has 0 radical (unpaired) electrons. The molecule has 0 saturated carbocycles. The Morgan fingerprint density at radius 3 is 2.62 bits per heavy atom. The monoisotopic (exact) mass is 441 g/mol. The number of benzene rings is 2. The molecule has 1 heterocycles. The second kappa shape index (κ2) is 7.62. The topological polar surface area (TPSA) is 23.5 Å². The van der Waals surface area contributed by atoms with Crippen LogP contribution in [0.5, 0.6) is 0 Å². The first-order valence-corrected chi connectivity index (χ1v) is 10.2. The number of hydrogen-bond acceptors (Lipinski definition) is 2. The molecule has 0 saturated heterocycles. The molecule has 2 aliphatic rings. The molecule has 0 bridgehead atoms. The van der Waals surface area contributed by atoms with Crippen LogP contribution in [0.1, 0.15) is 41.7 Å². The van der Waals surface area contributed by atoms with Crippen molar-refractivity contribution in [3.63, 3.8) is 0 Å². The minimum Gasteiger partial charge on any atom is -0.387 e. The maximum atomic E-state index is 12.9. The van der Waals surface area contributed by atoms with E-state index in [0.717, 1.165) is 30.5 Å². The van der Waals surface area contributed by atoms with Gasteiger partial charge in [0.1, 0.15) is 0 Å². The molecule has 0 fully saturated rings. The summed E-state index contributed by atoms with van der Waals surface area (Å²) in [6.07, 6.45) is -3.71. The van der Waals surface area contributed by atoms with Crippen molar-refractivity contribution in [1.82, 2.24) is 4.90 Å². The first-order chi connectivity index (χ1) is 13.6. The van der Waals surface area contributed by atoms with Crippen molar-refractivity contribution < 1.29 is 18.3 Å². The predicted molar refractivity (Wildman–Crippen MR) is 109 cm³/mol. The maximum Gasteiger partial charge on any atom is 0.417 e. The molecule has 1 aliphatic heterocycles. The summed E-state index contributed by atoms with van der Waals surface area (Å²) in [5.41, 5.74) is 4.64. The van der Waals surface area contributed by atoms with E-state index in [1.165, 1.54) is 34.4 Å². The van der Waals surface area contributed by atoms with Crippen LogP contribution in [0, 0.1) is 0 Å². The molecule has 7 heteroatoms. The van der Waals surface area contributed by atoms with Gasteiger partial charge in [0.2, 0.25) is 0 Å². The molecule has 2 aromatic carbocycles. The Labute approximate surface area is 177 Å². The fourth-order valence-electron chi connectivity index (χ4n) is 4.38. The van der Waals surface area contributed by atoms with Gasteiger partial charge in [-0.05, 0) is 71.9 Å². The van der Waals surface area contributed by atoms with Crippen LogP contribution in [0.25, 0.3) is 5.57 Å². The maximum absolute atomic E-state index is 12.9. The minimum atomic E-state index is -4.51. The standard InChI is InChI=1S/C22H20Cl2F3NO/c1-12-17-8-13-2-4-15(23)10-18(13)16(17)6-7-28(12)11-21(29)14-3-5-19(20(24)9-14)22(25,26)27/h2-5,9-10,12,21,29H,6-8,11H2,1H3. The fraction of sp³-hybridized carbons (Fsp3) is 0.364. The Bertz CT molecular complexity index is 987. The van der Waals surface area contributed by atoms with E-state index < -0.39 is 22.9 Å². The summed E-state index contributed by atoms with van der Waals surface area (Å²) >= 11 is 12.0. The number of β-amino-alcohol motifs (C(OH)–C–C–N with tert-alkyl or cyclic N) is 1. The molecular formula is C22H20Cl2F3NO. The van der Waals surface area contributed by atoms with Gasteiger partial charge in [-0.15, -0.1) is 0 Å². The van der Waals surface area contributed by atoms with E-state index in [2.05, 4.69) is 17.9 Å². The first kappa shape index (κ1) is 20.7. The second-order valence-electron chi connectivity index (χ2n) is 7.66. The van der Waals surface area contributed by atoms with Crippen LogP contribution in [0.2, 0.25) is 10.0 Å². The quantitative estimate of drug-likeness (QED) is 0.617. The normalized spacial score (nSPS) is 20.6. The Hall–Kier alpha value is -1.53. The van der Waals surface area contributed by atoms with Crippen molar-refractivity contribution in [3.8, 4) is 0 Å². The lowest BCUT2D eigenvalue weighted by Crippen LogP contribution is -2.41. The number of rotatable bonds is 3. The van der Waals surface area contributed by atoms with Gasteiger partial charge in [0, 0.05) is 24.2 Å². The fourth-order valence-corrected chi connectivity index (χ4v) is 4.85. The van der Waals surface area contributed by atoms with Crippen LogP contribution in [0.4, 0.5) is 13.2 Å². The summed E-state index contributed by atoms with van der Waals surface area (Å²) in [7, 11) is 0. The number of alkyl halides is 3. The Morgan fingerprint density at radius 1 is 1.17 bits per heavy atom. The SMILES string of the molecule is CC1C2=C(CCN1CC(O)c1ccc(C(F)(F)F)c(Cl)c1)c1cc(Cl)ccc1C2. The zero-order valence-electron chi connectivity index (χ0n) is 15.7. The van der Waals surface area contributed by atoms with Gasteiger partial charge in [-0.3, -0.25) is 4.90 Å². The minimum absolute atomic E-state index is 0.129. The van der Waals surface area contributed by atoms with Crippen molar-refractivity contribution in [2.24, 2.45) is 0 Å². The van der Waals surface area contributed by atoms with Crippen molar-refractivity contribution in [2.45, 2.75) is 38.1 Å². The largest absolute Gasteiger partial charge is 0.417 e. The third-order valence-corrected chi connectivity index (χ3v) is 6.51. The number of fused-ring (bicyclic) bond motifs is 2. The Morgan fingerprint density at radius 2 is 1.93 bits per heavy atom. The smallest absolute Gasteiger partial charge is 0.387 e. The molecule has 2 atom stereocenters. The Kier molecular flexibility index (Phi) is 5.45. The van der Waals surface area contributed by atoms with Crippen molar-refractivity contribution in [2.75, 3.05) is 13.1 Å². The lowest BCUT2D eigenvalue weighted by molar-refractivity contribution is -0.137. The first-order valence-electron chi connectivity index (χ1n) is 9.44. The summed E-state index contributed by atoms with van der Waals surface area (Å²) in [6, 6.07) is 9.54. The molecule has 4 rings (SSSR count). The summed E-state index contributed by atoms with van der Waals surface area (Å²) in [4.78, 5) is 2.17. The van der Waals surface area contributed by atoms with Gasteiger partial charge in [0.05, 0.1) is 16.7 Å². The van der Waals surface area contributed by atoms with Gasteiger partial charge in [0.15, 0.2) is 0 Å². The lowest BCUT2D eigenvalue weighted by atomic mass is 9.93. The highest BCUT2D eigenvalue weighted by Crippen LogP contribution is 2.42. The molecule has 154 valence electrons. The van der Waals surface area contributed by atoms with E-state index in [9.17, 15) is 18.3 Å². The molecule has 0 spiro atoms. The molecule has 0 amide bonds. The summed E-state index contributed by atoms with van der Waals surface area (Å²) in [5, 5.41) is 11.0. The average Bonchev–Trinajstić information content (AvgIpc) is 3.01. The van der Waals surface area contributed by atoms with Gasteiger partial charge in [0.25, 0.3) is 0 Å². The zero-order valence-corrected chi connectivity index (χ0v) is 17.2. The Balaban J connectivity index is 1.50. The molecule has 2 nitrogen and oxygen atoms in total. The van der Waals surface area contributed by atoms with Crippen LogP contribution in [0.3, 0.4) is 0 Å². The highest BCUT2D eigenvalue weighted by atomic mass is 35.5. The molecular weight excluding hydrogens is 422 g/mol. The number of aliphatic hydroxyl groups excluding tert-OH is 1. The third-order valence-electron chi connectivity index (χ3n) is 5.96. The lowest BCUT2D eigenvalue weighted by Gasteiger charge is -2.36. The van der Waals surface area contributed by atoms with Gasteiger partial charge in [-0.1, -0.05) is 35.3 Å². The van der Waals surface area contributed by atoms with Crippen LogP contribution in [0.15, 0.2) is 42.0 Å². The molecule has 2 aromatic rings. The van der Waals surface area contributed by atoms with Gasteiger partial charge < -0.3 is 5.11 Å². The van der Waals surface area contributed by atoms with Gasteiger partial charge >= 0.3 is 6.18 Å². The van der Waals surface area contributed by atoms with E-state index in [0.29, 0.717) is 12.1 Å². The molecule has 29 heavy (non-hydrogen) atoms. The van der Waals surface area contributed by atoms with Crippen LogP contribution in [-0.2, 0) is 12.6 Å². The van der Waals surface area contributed by atoms with E-state index in [-0.39, 0.29) is 6.04 Å². The van der Waals surface area contributed by atoms with Crippen LogP contribution >= 0.6 is 23.2 Å². The zero-order chi connectivity index (χ0) is 20.9. The number of hydrogen-bond donors (Lipinski definition) is 1. The second-order valence-corrected chi connectivity index (χ2v) is 8.50. The van der Waals surface area contributed by atoms with E-state index in [1.54, 1.807) is 0 Å². The van der Waals surface area contributed by atoms with Crippen molar-refractivity contribution >= 4 is 28.8 Å². The van der Waals surface area contributed by atoms with Gasteiger partial charge in [-0.25, -0.2) is 0 Å². The highest BCUT2D eigenvalue weighted by Gasteiger charge is 2.35. The average molecular weight is 442 g/mol. The van der Waals surface area contributed by atoms with E-state index in [1.807, 2.05) is 12.1 Å². The highest BCUT2D eigenvalue weighted by molar-refractivity contribution is 6.31. The summed E-state index contributed by atoms with van der Waals surface area (Å²) in [5.74, 6) is 0. The molecule has 2 unspecified atom stereocenters. The van der Waals surface area contributed by atoms with Crippen molar-refractivity contribution in [1.29, 1.82) is 0 Å². The van der Waals surface area contributed by atoms with E-state index in [4.69, 9.17) is 23.2 Å². The number of aliphatic hydroxyl groups is 1. The number of halogens is 5. The summed E-state index contributed by atoms with van der Waals surface area (Å²) in [6.45, 7) is 3.20. The number of nitrogens with zero attached hydrogens (tertiary/aromatic N) is 1. The van der Waals surface area contributed by atoms with Crippen molar-refractivity contribution in [3.05, 3.63) is 74.3 Å².